The average molecular weight is 498 g/mol. The van der Waals surface area contributed by atoms with Crippen LogP contribution in [0.2, 0.25) is 0 Å². The van der Waals surface area contributed by atoms with Crippen LogP contribution in [0, 0.1) is 11.7 Å². The van der Waals surface area contributed by atoms with E-state index in [1.165, 1.54) is 13.3 Å². The summed E-state index contributed by atoms with van der Waals surface area (Å²) < 4.78 is 30.9. The summed E-state index contributed by atoms with van der Waals surface area (Å²) in [5.74, 6) is -0.232. The van der Waals surface area contributed by atoms with Gasteiger partial charge in [-0.1, -0.05) is 0 Å². The normalized spacial score (nSPS) is 19.8. The monoisotopic (exact) mass is 497 g/mol. The molecule has 11 heteroatoms. The lowest BCUT2D eigenvalue weighted by Gasteiger charge is -2.37. The minimum Gasteiger partial charge on any atom is -0.486 e. The number of carbonyl (C=O) groups is 1. The summed E-state index contributed by atoms with van der Waals surface area (Å²) in [7, 11) is 1.51. The molecule has 0 saturated carbocycles. The van der Waals surface area contributed by atoms with Gasteiger partial charge < -0.3 is 29.5 Å². The van der Waals surface area contributed by atoms with Crippen LogP contribution < -0.4 is 19.5 Å². The Hall–Kier alpha value is -3.57. The van der Waals surface area contributed by atoms with Gasteiger partial charge in [0.2, 0.25) is 5.88 Å². The SMILES string of the molecule is COc1ccc2ncc(F)c(CCN3CC[C@@H](NCc4cc5c(cn4)OCCO5)[C@@H](C(=O)O)C3)c2n1. The molecular weight excluding hydrogens is 469 g/mol. The van der Waals surface area contributed by atoms with E-state index in [0.29, 0.717) is 86.2 Å². The van der Waals surface area contributed by atoms with Crippen molar-refractivity contribution >= 4 is 17.0 Å². The lowest BCUT2D eigenvalue weighted by atomic mass is 9.91. The van der Waals surface area contributed by atoms with Gasteiger partial charge in [0.1, 0.15) is 19.0 Å². The summed E-state index contributed by atoms with van der Waals surface area (Å²) in [5.41, 5.74) is 2.27. The van der Waals surface area contributed by atoms with Crippen LogP contribution in [0.15, 0.2) is 30.6 Å². The summed E-state index contributed by atoms with van der Waals surface area (Å²) in [6.07, 6.45) is 3.87. The number of aliphatic carboxylic acids is 1. The number of ether oxygens (including phenoxy) is 3. The number of fused-ring (bicyclic) bond motifs is 2. The van der Waals surface area contributed by atoms with Crippen molar-refractivity contribution in [2.24, 2.45) is 5.92 Å². The van der Waals surface area contributed by atoms with Crippen LogP contribution in [0.25, 0.3) is 11.0 Å². The quantitative estimate of drug-likeness (QED) is 0.479. The van der Waals surface area contributed by atoms with Gasteiger partial charge in [0.25, 0.3) is 0 Å². The molecule has 10 nitrogen and oxygen atoms in total. The van der Waals surface area contributed by atoms with Gasteiger partial charge in [0, 0.05) is 43.4 Å². The summed E-state index contributed by atoms with van der Waals surface area (Å²) in [4.78, 5) is 27.0. The molecule has 0 aliphatic carbocycles. The number of aromatic nitrogens is 3. The average Bonchev–Trinajstić information content (AvgIpc) is 2.91. The standard InChI is InChI=1S/C25H28FN5O5/c1-34-23-3-2-20-24(30-23)16(18(26)12-29-20)4-6-31-7-5-19(17(14-31)25(32)33)28-11-15-10-21-22(13-27-15)36-9-8-35-21/h2-3,10,12-13,17,19,28H,4-9,11,14H2,1H3,(H,32,33)/t17-,19+/m0/s1. The molecule has 1 saturated heterocycles. The molecule has 5 heterocycles. The topological polar surface area (TPSA) is 119 Å². The fourth-order valence-corrected chi connectivity index (χ4v) is 4.74. The minimum atomic E-state index is -0.862. The number of likely N-dealkylation sites (tertiary alicyclic amines) is 1. The lowest BCUT2D eigenvalue weighted by molar-refractivity contribution is -0.144. The maximum atomic E-state index is 14.7. The van der Waals surface area contributed by atoms with Crippen LogP contribution in [0.3, 0.4) is 0 Å². The van der Waals surface area contributed by atoms with Crippen molar-refractivity contribution in [3.05, 3.63) is 47.7 Å². The van der Waals surface area contributed by atoms with Crippen LogP contribution in [-0.4, -0.2) is 76.9 Å². The molecule has 2 atom stereocenters. The Morgan fingerprint density at radius 3 is 2.89 bits per heavy atom. The smallest absolute Gasteiger partial charge is 0.309 e. The molecule has 2 aliphatic rings. The molecule has 3 aromatic heterocycles. The molecule has 0 unspecified atom stereocenters. The number of halogens is 1. The Labute approximate surface area is 207 Å². The predicted molar refractivity (Wildman–Crippen MR) is 128 cm³/mol. The first-order chi connectivity index (χ1) is 17.5. The number of nitrogens with zero attached hydrogens (tertiary/aromatic N) is 4. The van der Waals surface area contributed by atoms with E-state index < -0.39 is 17.7 Å². The zero-order valence-corrected chi connectivity index (χ0v) is 19.9. The predicted octanol–water partition coefficient (Wildman–Crippen LogP) is 2.05. The fourth-order valence-electron chi connectivity index (χ4n) is 4.74. The number of hydrogen-bond donors (Lipinski definition) is 2. The number of rotatable bonds is 8. The number of nitrogens with one attached hydrogen (secondary N) is 1. The number of hydrogen-bond acceptors (Lipinski definition) is 9. The Bertz CT molecular complexity index is 1260. The van der Waals surface area contributed by atoms with E-state index in [9.17, 15) is 14.3 Å². The molecule has 1 fully saturated rings. The van der Waals surface area contributed by atoms with Crippen LogP contribution in [0.5, 0.6) is 17.4 Å². The molecule has 3 aromatic rings. The van der Waals surface area contributed by atoms with Gasteiger partial charge in [-0.2, -0.15) is 0 Å². The summed E-state index contributed by atoms with van der Waals surface area (Å²) in [5, 5.41) is 13.3. The molecule has 2 N–H and O–H groups in total. The van der Waals surface area contributed by atoms with E-state index in [1.807, 2.05) is 6.07 Å². The van der Waals surface area contributed by atoms with E-state index in [1.54, 1.807) is 18.3 Å². The molecule has 0 aromatic carbocycles. The second-order valence-corrected chi connectivity index (χ2v) is 8.90. The molecule has 0 radical (unpaired) electrons. The van der Waals surface area contributed by atoms with Crippen molar-refractivity contribution in [3.63, 3.8) is 0 Å². The largest absolute Gasteiger partial charge is 0.486 e. The van der Waals surface area contributed by atoms with Gasteiger partial charge in [-0.3, -0.25) is 14.8 Å². The van der Waals surface area contributed by atoms with Crippen molar-refractivity contribution in [2.45, 2.75) is 25.4 Å². The maximum absolute atomic E-state index is 14.7. The number of carboxylic acid groups (broad SMARTS) is 1. The minimum absolute atomic E-state index is 0.210. The van der Waals surface area contributed by atoms with E-state index in [-0.39, 0.29) is 6.04 Å². The number of piperidine rings is 1. The van der Waals surface area contributed by atoms with Crippen molar-refractivity contribution < 1.29 is 28.5 Å². The van der Waals surface area contributed by atoms with E-state index in [0.717, 1.165) is 5.69 Å². The van der Waals surface area contributed by atoms with Gasteiger partial charge in [0.05, 0.1) is 42.1 Å². The third kappa shape index (κ3) is 5.17. The molecule has 0 bridgehead atoms. The van der Waals surface area contributed by atoms with Gasteiger partial charge in [-0.25, -0.2) is 9.37 Å². The molecule has 190 valence electrons. The Balaban J connectivity index is 1.22. The third-order valence-corrected chi connectivity index (χ3v) is 6.67. The Morgan fingerprint density at radius 1 is 1.25 bits per heavy atom. The summed E-state index contributed by atoms with van der Waals surface area (Å²) >= 11 is 0. The molecular formula is C25H28FN5O5. The maximum Gasteiger partial charge on any atom is 0.309 e. The third-order valence-electron chi connectivity index (χ3n) is 6.67. The van der Waals surface area contributed by atoms with Crippen LogP contribution in [0.4, 0.5) is 4.39 Å². The summed E-state index contributed by atoms with van der Waals surface area (Å²) in [6.45, 7) is 2.98. The van der Waals surface area contributed by atoms with Crippen molar-refractivity contribution in [1.29, 1.82) is 0 Å². The van der Waals surface area contributed by atoms with Gasteiger partial charge >= 0.3 is 5.97 Å². The van der Waals surface area contributed by atoms with Gasteiger partial charge in [-0.05, 0) is 25.5 Å². The number of carboxylic acids is 1. The molecule has 36 heavy (non-hydrogen) atoms. The van der Waals surface area contributed by atoms with E-state index in [4.69, 9.17) is 14.2 Å². The molecule has 5 rings (SSSR count). The second-order valence-electron chi connectivity index (χ2n) is 8.90. The lowest BCUT2D eigenvalue weighted by Crippen LogP contribution is -2.52. The van der Waals surface area contributed by atoms with Crippen molar-refractivity contribution in [2.75, 3.05) is 40.0 Å². The second kappa shape index (κ2) is 10.6. The highest BCUT2D eigenvalue weighted by molar-refractivity contribution is 5.78. The first-order valence-corrected chi connectivity index (χ1v) is 11.9. The van der Waals surface area contributed by atoms with Gasteiger partial charge in [0.15, 0.2) is 11.5 Å². The highest BCUT2D eigenvalue weighted by Crippen LogP contribution is 2.29. The van der Waals surface area contributed by atoms with Crippen LogP contribution >= 0.6 is 0 Å². The van der Waals surface area contributed by atoms with Crippen LogP contribution in [0.1, 0.15) is 17.7 Å². The zero-order chi connectivity index (χ0) is 25.1. The number of methoxy groups -OCH3 is 1. The highest BCUT2D eigenvalue weighted by atomic mass is 19.1. The molecule has 0 amide bonds. The Kier molecular flexibility index (Phi) is 7.10. The number of pyridine rings is 3. The molecule has 0 spiro atoms. The summed E-state index contributed by atoms with van der Waals surface area (Å²) in [6, 6.07) is 5.05. The first kappa shape index (κ1) is 24.1. The fraction of sp³-hybridized carbons (Fsp3) is 0.440. The van der Waals surface area contributed by atoms with Crippen molar-refractivity contribution in [3.8, 4) is 17.4 Å². The van der Waals surface area contributed by atoms with Gasteiger partial charge in [-0.15, -0.1) is 0 Å². The Morgan fingerprint density at radius 2 is 2.08 bits per heavy atom. The zero-order valence-electron chi connectivity index (χ0n) is 19.9. The molecule has 2 aliphatic heterocycles. The van der Waals surface area contributed by atoms with Crippen LogP contribution in [-0.2, 0) is 17.8 Å². The van der Waals surface area contributed by atoms with E-state index >= 15 is 0 Å². The first-order valence-electron chi connectivity index (χ1n) is 11.9. The van der Waals surface area contributed by atoms with E-state index in [2.05, 4.69) is 25.2 Å². The highest BCUT2D eigenvalue weighted by Gasteiger charge is 2.34. The van der Waals surface area contributed by atoms with Crippen molar-refractivity contribution in [1.82, 2.24) is 25.2 Å².